The van der Waals surface area contributed by atoms with Crippen LogP contribution in [0, 0.1) is 18.6 Å². The third-order valence-electron chi connectivity index (χ3n) is 8.13. The zero-order valence-electron chi connectivity index (χ0n) is 22.2. The van der Waals surface area contributed by atoms with Crippen LogP contribution >= 0.6 is 0 Å². The molecule has 0 amide bonds. The van der Waals surface area contributed by atoms with Crippen molar-refractivity contribution in [1.29, 1.82) is 0 Å². The average molecular weight is 533 g/mol. The highest BCUT2D eigenvalue weighted by molar-refractivity contribution is 5.87. The Labute approximate surface area is 227 Å². The van der Waals surface area contributed by atoms with E-state index in [9.17, 15) is 4.39 Å². The lowest BCUT2D eigenvalue weighted by atomic mass is 9.86. The molecule has 1 aromatic carbocycles. The van der Waals surface area contributed by atoms with Gasteiger partial charge in [-0.05, 0) is 57.6 Å². The fourth-order valence-corrected chi connectivity index (χ4v) is 5.79. The van der Waals surface area contributed by atoms with Crippen molar-refractivity contribution in [2.24, 2.45) is 10.7 Å². The van der Waals surface area contributed by atoms with Crippen molar-refractivity contribution < 1.29 is 13.5 Å². The predicted octanol–water partition coefficient (Wildman–Crippen LogP) is 6.06. The molecule has 2 atom stereocenters. The second kappa shape index (κ2) is 11.0. The lowest BCUT2D eigenvalue weighted by Gasteiger charge is -2.29. The molecule has 6 rings (SSSR count). The molecule has 3 heterocycles. The summed E-state index contributed by atoms with van der Waals surface area (Å²) in [6, 6.07) is 3.94. The van der Waals surface area contributed by atoms with Crippen molar-refractivity contribution in [3.63, 3.8) is 0 Å². The standard InChI is InChI=1S/C30H34F2N6O/c1-17-26(18-5-3-2-4-6-18)36-28-27(23-10-7-21(31)14-24(23)32)37-29(38-30(28)35-17)19-11-12-39-25(13-19)20(15-33)16-34-22-8-9-22/h7,10,14-16,18-19,22,25H,2-6,8-9,11-13,33H2,1H3/b20-15+,34-16?. The van der Waals surface area contributed by atoms with Crippen molar-refractivity contribution in [2.75, 3.05) is 6.61 Å². The van der Waals surface area contributed by atoms with Gasteiger partial charge in [0.15, 0.2) is 5.65 Å². The molecule has 3 fully saturated rings. The molecule has 0 radical (unpaired) electrons. The summed E-state index contributed by atoms with van der Waals surface area (Å²) in [5.41, 5.74) is 9.99. The van der Waals surface area contributed by atoms with E-state index in [1.54, 1.807) is 6.20 Å². The topological polar surface area (TPSA) is 99.2 Å². The SMILES string of the molecule is Cc1nc2nc(C3CCOC(/C(C=NC4CC4)=C/N)C3)nc(-c3ccc(F)cc3F)c2nc1C1CCCCC1. The van der Waals surface area contributed by atoms with Gasteiger partial charge in [0.05, 0.1) is 23.5 Å². The third kappa shape index (κ3) is 5.55. The molecule has 1 aliphatic heterocycles. The van der Waals surface area contributed by atoms with Crippen LogP contribution in [0.5, 0.6) is 0 Å². The average Bonchev–Trinajstić information content (AvgIpc) is 3.78. The van der Waals surface area contributed by atoms with E-state index < -0.39 is 11.6 Å². The highest BCUT2D eigenvalue weighted by Crippen LogP contribution is 2.37. The molecule has 9 heteroatoms. The molecular formula is C30H34F2N6O. The van der Waals surface area contributed by atoms with Crippen LogP contribution in [-0.4, -0.2) is 44.9 Å². The molecule has 2 aromatic heterocycles. The van der Waals surface area contributed by atoms with E-state index in [4.69, 9.17) is 30.4 Å². The molecule has 3 aliphatic rings. The molecular weight excluding hydrogens is 498 g/mol. The largest absolute Gasteiger partial charge is 0.404 e. The quantitative estimate of drug-likeness (QED) is 0.388. The summed E-state index contributed by atoms with van der Waals surface area (Å²) in [6.45, 7) is 2.48. The first-order valence-electron chi connectivity index (χ1n) is 14.1. The Morgan fingerprint density at radius 3 is 2.56 bits per heavy atom. The van der Waals surface area contributed by atoms with E-state index in [1.807, 2.05) is 13.1 Å². The lowest BCUT2D eigenvalue weighted by molar-refractivity contribution is 0.0313. The van der Waals surface area contributed by atoms with Gasteiger partial charge in [-0.25, -0.2) is 28.7 Å². The first-order chi connectivity index (χ1) is 19.0. The zero-order chi connectivity index (χ0) is 26.9. The second-order valence-electron chi connectivity index (χ2n) is 11.0. The summed E-state index contributed by atoms with van der Waals surface area (Å²) in [5, 5.41) is 0. The highest BCUT2D eigenvalue weighted by atomic mass is 19.1. The van der Waals surface area contributed by atoms with Gasteiger partial charge < -0.3 is 10.5 Å². The molecule has 204 valence electrons. The number of hydrogen-bond acceptors (Lipinski definition) is 7. The maximum atomic E-state index is 15.1. The molecule has 0 spiro atoms. The van der Waals surface area contributed by atoms with E-state index >= 15 is 4.39 Å². The fraction of sp³-hybridized carbons (Fsp3) is 0.500. The number of nitrogens with zero attached hydrogens (tertiary/aromatic N) is 5. The van der Waals surface area contributed by atoms with Crippen LogP contribution in [0.25, 0.3) is 22.4 Å². The Morgan fingerprint density at radius 1 is 1.00 bits per heavy atom. The van der Waals surface area contributed by atoms with Crippen LogP contribution in [0.2, 0.25) is 0 Å². The summed E-state index contributed by atoms with van der Waals surface area (Å²) in [4.78, 5) is 24.2. The van der Waals surface area contributed by atoms with Gasteiger partial charge in [-0.3, -0.25) is 4.99 Å². The Hall–Kier alpha value is -3.33. The van der Waals surface area contributed by atoms with Crippen LogP contribution in [0.1, 0.15) is 86.8 Å². The predicted molar refractivity (Wildman–Crippen MR) is 147 cm³/mol. The molecule has 2 unspecified atom stereocenters. The van der Waals surface area contributed by atoms with Crippen LogP contribution in [-0.2, 0) is 4.74 Å². The number of hydrogen-bond donors (Lipinski definition) is 1. The number of aromatic nitrogens is 4. The minimum absolute atomic E-state index is 0.0557. The molecule has 2 N–H and O–H groups in total. The van der Waals surface area contributed by atoms with Gasteiger partial charge in [-0.15, -0.1) is 0 Å². The molecule has 2 saturated carbocycles. The monoisotopic (exact) mass is 532 g/mol. The molecule has 1 saturated heterocycles. The summed E-state index contributed by atoms with van der Waals surface area (Å²) >= 11 is 0. The van der Waals surface area contributed by atoms with Gasteiger partial charge in [-0.1, -0.05) is 19.3 Å². The van der Waals surface area contributed by atoms with Crippen LogP contribution in [0.4, 0.5) is 8.78 Å². The number of ether oxygens (including phenoxy) is 1. The van der Waals surface area contributed by atoms with Gasteiger partial charge in [0.25, 0.3) is 0 Å². The van der Waals surface area contributed by atoms with Crippen LogP contribution in [0.15, 0.2) is 35.0 Å². The summed E-state index contributed by atoms with van der Waals surface area (Å²) < 4.78 is 35.0. The third-order valence-corrected chi connectivity index (χ3v) is 8.13. The van der Waals surface area contributed by atoms with E-state index in [-0.39, 0.29) is 17.6 Å². The number of fused-ring (bicyclic) bond motifs is 1. The number of benzene rings is 1. The second-order valence-corrected chi connectivity index (χ2v) is 11.0. The summed E-state index contributed by atoms with van der Waals surface area (Å²) in [7, 11) is 0. The minimum atomic E-state index is -0.683. The number of rotatable bonds is 6. The fourth-order valence-electron chi connectivity index (χ4n) is 5.79. The van der Waals surface area contributed by atoms with Gasteiger partial charge in [0.1, 0.15) is 28.7 Å². The molecule has 39 heavy (non-hydrogen) atoms. The van der Waals surface area contributed by atoms with Crippen molar-refractivity contribution >= 4 is 17.4 Å². The Kier molecular flexibility index (Phi) is 7.34. The normalized spacial score (nSPS) is 23.1. The van der Waals surface area contributed by atoms with E-state index in [2.05, 4.69) is 4.99 Å². The van der Waals surface area contributed by atoms with E-state index in [0.717, 1.165) is 61.6 Å². The van der Waals surface area contributed by atoms with Crippen molar-refractivity contribution in [3.8, 4) is 11.3 Å². The Balaban J connectivity index is 1.42. The maximum Gasteiger partial charge on any atom is 0.182 e. The van der Waals surface area contributed by atoms with E-state index in [0.29, 0.717) is 54.1 Å². The van der Waals surface area contributed by atoms with Gasteiger partial charge >= 0.3 is 0 Å². The van der Waals surface area contributed by atoms with Gasteiger partial charge in [0, 0.05) is 48.1 Å². The zero-order valence-corrected chi connectivity index (χ0v) is 22.2. The number of aryl methyl sites for hydroxylation is 1. The molecule has 0 bridgehead atoms. The van der Waals surface area contributed by atoms with Crippen molar-refractivity contribution in [3.05, 3.63) is 58.8 Å². The number of halogens is 2. The molecule has 2 aliphatic carbocycles. The Bertz CT molecular complexity index is 1430. The van der Waals surface area contributed by atoms with Gasteiger partial charge in [-0.2, -0.15) is 0 Å². The molecule has 3 aromatic rings. The summed E-state index contributed by atoms with van der Waals surface area (Å²) in [6.07, 6.45) is 12.4. The van der Waals surface area contributed by atoms with E-state index in [1.165, 1.54) is 18.6 Å². The number of aliphatic imine (C=N–C) groups is 1. The van der Waals surface area contributed by atoms with Crippen LogP contribution < -0.4 is 5.73 Å². The Morgan fingerprint density at radius 2 is 1.82 bits per heavy atom. The minimum Gasteiger partial charge on any atom is -0.404 e. The van der Waals surface area contributed by atoms with Gasteiger partial charge in [0.2, 0.25) is 0 Å². The maximum absolute atomic E-state index is 15.1. The van der Waals surface area contributed by atoms with Crippen molar-refractivity contribution in [1.82, 2.24) is 19.9 Å². The lowest BCUT2D eigenvalue weighted by Crippen LogP contribution is -2.28. The smallest absolute Gasteiger partial charge is 0.182 e. The number of nitrogens with two attached hydrogens (primary N) is 1. The van der Waals surface area contributed by atoms with Crippen LogP contribution in [0.3, 0.4) is 0 Å². The highest BCUT2D eigenvalue weighted by Gasteiger charge is 2.30. The molecule has 7 nitrogen and oxygen atoms in total. The first kappa shape index (κ1) is 25.9. The summed E-state index contributed by atoms with van der Waals surface area (Å²) in [5.74, 6) is -0.502. The van der Waals surface area contributed by atoms with Crippen molar-refractivity contribution in [2.45, 2.75) is 88.7 Å². The first-order valence-corrected chi connectivity index (χ1v) is 14.1.